The summed E-state index contributed by atoms with van der Waals surface area (Å²) in [7, 11) is -3.32. The molecule has 1 aromatic heterocycles. The molecule has 0 spiro atoms. The van der Waals surface area contributed by atoms with E-state index in [2.05, 4.69) is 32.4 Å². The molecule has 1 aliphatic heterocycles. The normalized spacial score (nSPS) is 16.9. The molecule has 176 valence electrons. The SMILES string of the molecule is CCCS(=O)(=O)Nc1ccc(-c2c(N)c3ccc(N4CCOCC4)cc3n2CC2CC2)cc1. The number of morpholine rings is 1. The Balaban J connectivity index is 1.53. The molecule has 0 unspecified atom stereocenters. The maximum absolute atomic E-state index is 12.1. The lowest BCUT2D eigenvalue weighted by molar-refractivity contribution is 0.122. The Hall–Kier alpha value is -2.71. The highest BCUT2D eigenvalue weighted by atomic mass is 32.2. The fraction of sp³-hybridized carbons (Fsp3) is 0.440. The van der Waals surface area contributed by atoms with Crippen LogP contribution in [0.15, 0.2) is 42.5 Å². The molecule has 0 bridgehead atoms. The average molecular weight is 469 g/mol. The molecule has 5 rings (SSSR count). The largest absolute Gasteiger partial charge is 0.396 e. The van der Waals surface area contributed by atoms with Crippen LogP contribution in [0.2, 0.25) is 0 Å². The maximum Gasteiger partial charge on any atom is 0.232 e. The predicted molar refractivity (Wildman–Crippen MR) is 135 cm³/mol. The Bertz CT molecular complexity index is 1240. The highest BCUT2D eigenvalue weighted by Crippen LogP contribution is 2.41. The van der Waals surface area contributed by atoms with Crippen molar-refractivity contribution in [1.82, 2.24) is 4.57 Å². The van der Waals surface area contributed by atoms with Crippen molar-refractivity contribution in [2.24, 2.45) is 5.92 Å². The first kappa shape index (κ1) is 22.1. The zero-order valence-electron chi connectivity index (χ0n) is 19.1. The third-order valence-corrected chi connectivity index (χ3v) is 8.00. The van der Waals surface area contributed by atoms with Crippen molar-refractivity contribution in [3.8, 4) is 11.3 Å². The summed E-state index contributed by atoms with van der Waals surface area (Å²) in [4.78, 5) is 2.37. The first-order valence-electron chi connectivity index (χ1n) is 11.8. The van der Waals surface area contributed by atoms with E-state index in [1.165, 1.54) is 18.5 Å². The first-order valence-corrected chi connectivity index (χ1v) is 13.5. The van der Waals surface area contributed by atoms with E-state index in [4.69, 9.17) is 10.5 Å². The van der Waals surface area contributed by atoms with Crippen LogP contribution in [0.3, 0.4) is 0 Å². The molecule has 7 nitrogen and oxygen atoms in total. The van der Waals surface area contributed by atoms with Gasteiger partial charge in [0.2, 0.25) is 10.0 Å². The third kappa shape index (κ3) is 4.68. The summed E-state index contributed by atoms with van der Waals surface area (Å²) < 4.78 is 34.8. The lowest BCUT2D eigenvalue weighted by atomic mass is 10.1. The van der Waals surface area contributed by atoms with Gasteiger partial charge < -0.3 is 19.9 Å². The molecule has 2 heterocycles. The molecule has 0 radical (unpaired) electrons. The first-order chi connectivity index (χ1) is 15.9. The number of nitrogens with zero attached hydrogens (tertiary/aromatic N) is 2. The van der Waals surface area contributed by atoms with Gasteiger partial charge in [-0.2, -0.15) is 0 Å². The quantitative estimate of drug-likeness (QED) is 0.515. The van der Waals surface area contributed by atoms with Gasteiger partial charge in [-0.25, -0.2) is 8.42 Å². The Morgan fingerprint density at radius 3 is 2.48 bits per heavy atom. The van der Waals surface area contributed by atoms with Gasteiger partial charge in [-0.1, -0.05) is 19.1 Å². The van der Waals surface area contributed by atoms with Crippen molar-refractivity contribution >= 4 is 38.0 Å². The predicted octanol–water partition coefficient (Wildman–Crippen LogP) is 4.29. The Morgan fingerprint density at radius 2 is 1.82 bits per heavy atom. The van der Waals surface area contributed by atoms with Crippen molar-refractivity contribution < 1.29 is 13.2 Å². The fourth-order valence-electron chi connectivity index (χ4n) is 4.64. The van der Waals surface area contributed by atoms with E-state index in [9.17, 15) is 8.42 Å². The summed E-state index contributed by atoms with van der Waals surface area (Å²) in [6, 6.07) is 14.1. The summed E-state index contributed by atoms with van der Waals surface area (Å²) >= 11 is 0. The van der Waals surface area contributed by atoms with Gasteiger partial charge in [0.1, 0.15) is 0 Å². The van der Waals surface area contributed by atoms with Crippen LogP contribution >= 0.6 is 0 Å². The van der Waals surface area contributed by atoms with Crippen molar-refractivity contribution in [1.29, 1.82) is 0 Å². The minimum atomic E-state index is -3.32. The van der Waals surface area contributed by atoms with E-state index in [0.717, 1.165) is 60.7 Å². The van der Waals surface area contributed by atoms with Crippen molar-refractivity contribution in [2.45, 2.75) is 32.7 Å². The number of aromatic nitrogens is 1. The molecule has 3 N–H and O–H groups in total. The summed E-state index contributed by atoms with van der Waals surface area (Å²) in [6.07, 6.45) is 3.08. The lowest BCUT2D eigenvalue weighted by Gasteiger charge is -2.29. The highest BCUT2D eigenvalue weighted by Gasteiger charge is 2.26. The molecule has 0 atom stereocenters. The summed E-state index contributed by atoms with van der Waals surface area (Å²) in [6.45, 7) is 6.10. The molecule has 1 saturated heterocycles. The minimum absolute atomic E-state index is 0.114. The van der Waals surface area contributed by atoms with Gasteiger partial charge in [0.25, 0.3) is 0 Å². The van der Waals surface area contributed by atoms with Gasteiger partial charge in [0.15, 0.2) is 0 Å². The Labute approximate surface area is 195 Å². The van der Waals surface area contributed by atoms with Gasteiger partial charge >= 0.3 is 0 Å². The fourth-order valence-corrected chi connectivity index (χ4v) is 5.77. The highest BCUT2D eigenvalue weighted by molar-refractivity contribution is 7.92. The minimum Gasteiger partial charge on any atom is -0.396 e. The molecule has 2 fully saturated rings. The molecule has 8 heteroatoms. The summed E-state index contributed by atoms with van der Waals surface area (Å²) in [5.74, 6) is 0.800. The van der Waals surface area contributed by atoms with Gasteiger partial charge in [-0.15, -0.1) is 0 Å². The molecular formula is C25H32N4O3S. The zero-order valence-corrected chi connectivity index (χ0v) is 19.9. The van der Waals surface area contributed by atoms with Gasteiger partial charge in [-0.3, -0.25) is 4.72 Å². The lowest BCUT2D eigenvalue weighted by Crippen LogP contribution is -2.36. The topological polar surface area (TPSA) is 89.6 Å². The Morgan fingerprint density at radius 1 is 1.09 bits per heavy atom. The second kappa shape index (κ2) is 8.91. The molecular weight excluding hydrogens is 436 g/mol. The van der Waals surface area contributed by atoms with Crippen molar-refractivity contribution in [2.75, 3.05) is 47.4 Å². The molecule has 2 aliphatic rings. The van der Waals surface area contributed by atoms with Gasteiger partial charge in [-0.05, 0) is 55.5 Å². The number of nitrogens with one attached hydrogen (secondary N) is 1. The van der Waals surface area contributed by atoms with Crippen LogP contribution in [0.25, 0.3) is 22.2 Å². The number of ether oxygens (including phenoxy) is 1. The molecule has 3 aromatic rings. The number of hydrogen-bond donors (Lipinski definition) is 2. The number of benzene rings is 2. The van der Waals surface area contributed by atoms with Crippen LogP contribution in [0.4, 0.5) is 17.1 Å². The van der Waals surface area contributed by atoms with Crippen LogP contribution in [0.5, 0.6) is 0 Å². The second-order valence-electron chi connectivity index (χ2n) is 9.12. The van der Waals surface area contributed by atoms with Gasteiger partial charge in [0, 0.05) is 42.0 Å². The number of rotatable bonds is 8. The molecule has 0 amide bonds. The van der Waals surface area contributed by atoms with E-state index in [-0.39, 0.29) is 5.75 Å². The maximum atomic E-state index is 12.1. The van der Waals surface area contributed by atoms with Crippen molar-refractivity contribution in [3.63, 3.8) is 0 Å². The third-order valence-electron chi connectivity index (χ3n) is 6.51. The van der Waals surface area contributed by atoms with Crippen molar-refractivity contribution in [3.05, 3.63) is 42.5 Å². The monoisotopic (exact) mass is 468 g/mol. The smallest absolute Gasteiger partial charge is 0.232 e. The second-order valence-corrected chi connectivity index (χ2v) is 11.0. The van der Waals surface area contributed by atoms with Crippen LogP contribution < -0.4 is 15.4 Å². The van der Waals surface area contributed by atoms with Crippen LogP contribution in [0, 0.1) is 5.92 Å². The molecule has 1 aliphatic carbocycles. The number of fused-ring (bicyclic) bond motifs is 1. The van der Waals surface area contributed by atoms with Crippen LogP contribution in [-0.2, 0) is 21.3 Å². The summed E-state index contributed by atoms with van der Waals surface area (Å²) in [5, 5.41) is 1.07. The summed E-state index contributed by atoms with van der Waals surface area (Å²) in [5.41, 5.74) is 12.4. The zero-order chi connectivity index (χ0) is 23.0. The van der Waals surface area contributed by atoms with Crippen LogP contribution in [0.1, 0.15) is 26.2 Å². The van der Waals surface area contributed by atoms with E-state index in [0.29, 0.717) is 18.0 Å². The number of sulfonamides is 1. The average Bonchev–Trinajstić information content (AvgIpc) is 3.59. The number of hydrogen-bond acceptors (Lipinski definition) is 5. The standard InChI is InChI=1S/C25H32N4O3S/c1-2-15-33(30,31)27-20-7-5-19(6-8-20)25-24(26)22-10-9-21(28-11-13-32-14-12-28)16-23(22)29(25)17-18-3-4-18/h5-10,16,18,27H,2-4,11-15,17,26H2,1H3. The Kier molecular flexibility index (Phi) is 5.97. The van der Waals surface area contributed by atoms with Crippen LogP contribution in [-0.4, -0.2) is 45.0 Å². The number of nitrogen functional groups attached to an aromatic ring is 1. The van der Waals surface area contributed by atoms with E-state index in [1.807, 2.05) is 31.2 Å². The molecule has 2 aromatic carbocycles. The van der Waals surface area contributed by atoms with E-state index >= 15 is 0 Å². The van der Waals surface area contributed by atoms with E-state index < -0.39 is 10.0 Å². The molecule has 33 heavy (non-hydrogen) atoms. The molecule has 1 saturated carbocycles. The number of nitrogens with two attached hydrogens (primary N) is 1. The van der Waals surface area contributed by atoms with Gasteiger partial charge in [0.05, 0.1) is 35.9 Å². The number of anilines is 3. The van der Waals surface area contributed by atoms with E-state index in [1.54, 1.807) is 0 Å².